The molecule has 0 aromatic carbocycles. The zero-order chi connectivity index (χ0) is 13.5. The van der Waals surface area contributed by atoms with Gasteiger partial charge in [-0.3, -0.25) is 14.9 Å². The standard InChI is InChI=1S/C14H25N3O2/c18-13(17-11-6-3-1-2-4-7-11)10-16-12-8-5-9-15-14(12)19/h11-12,16H,1-10H2,(H,15,19)(H,17,18). The number of piperidine rings is 1. The molecule has 2 fully saturated rings. The van der Waals surface area contributed by atoms with Gasteiger partial charge >= 0.3 is 0 Å². The minimum atomic E-state index is -0.200. The third kappa shape index (κ3) is 4.82. The second-order valence-corrected chi connectivity index (χ2v) is 5.62. The summed E-state index contributed by atoms with van der Waals surface area (Å²) in [5.74, 6) is 0.0405. The Morgan fingerprint density at radius 3 is 2.53 bits per heavy atom. The zero-order valence-electron chi connectivity index (χ0n) is 11.5. The normalized spacial score (nSPS) is 25.5. The van der Waals surface area contributed by atoms with Crippen molar-refractivity contribution < 1.29 is 9.59 Å². The molecule has 1 saturated heterocycles. The predicted molar refractivity (Wildman–Crippen MR) is 73.7 cm³/mol. The molecule has 2 amide bonds. The van der Waals surface area contributed by atoms with Crippen LogP contribution in [0.5, 0.6) is 0 Å². The molecule has 3 N–H and O–H groups in total. The monoisotopic (exact) mass is 267 g/mol. The molecule has 0 aromatic rings. The molecule has 5 nitrogen and oxygen atoms in total. The molecular weight excluding hydrogens is 242 g/mol. The number of hydrogen-bond acceptors (Lipinski definition) is 3. The molecule has 1 saturated carbocycles. The Morgan fingerprint density at radius 2 is 1.84 bits per heavy atom. The number of rotatable bonds is 4. The summed E-state index contributed by atoms with van der Waals surface area (Å²) in [6, 6.07) is 0.130. The third-order valence-corrected chi connectivity index (χ3v) is 4.01. The molecule has 1 aliphatic heterocycles. The van der Waals surface area contributed by atoms with E-state index in [2.05, 4.69) is 16.0 Å². The first-order chi connectivity index (χ1) is 9.25. The van der Waals surface area contributed by atoms with Crippen LogP contribution in [0.1, 0.15) is 51.4 Å². The first-order valence-corrected chi connectivity index (χ1v) is 7.56. The Hall–Kier alpha value is -1.10. The number of nitrogens with one attached hydrogen (secondary N) is 3. The lowest BCUT2D eigenvalue weighted by atomic mass is 10.1. The maximum Gasteiger partial charge on any atom is 0.237 e. The lowest BCUT2D eigenvalue weighted by molar-refractivity contribution is -0.125. The van der Waals surface area contributed by atoms with E-state index >= 15 is 0 Å². The highest BCUT2D eigenvalue weighted by atomic mass is 16.2. The van der Waals surface area contributed by atoms with E-state index in [9.17, 15) is 9.59 Å². The molecule has 2 aliphatic rings. The van der Waals surface area contributed by atoms with Gasteiger partial charge in [-0.25, -0.2) is 0 Å². The largest absolute Gasteiger partial charge is 0.355 e. The van der Waals surface area contributed by atoms with E-state index < -0.39 is 0 Å². The quantitative estimate of drug-likeness (QED) is 0.657. The highest BCUT2D eigenvalue weighted by Crippen LogP contribution is 2.16. The van der Waals surface area contributed by atoms with Gasteiger partial charge in [0.2, 0.25) is 11.8 Å². The van der Waals surface area contributed by atoms with Crippen molar-refractivity contribution in [3.8, 4) is 0 Å². The fraction of sp³-hybridized carbons (Fsp3) is 0.857. The van der Waals surface area contributed by atoms with Crippen LogP contribution in [0.2, 0.25) is 0 Å². The molecule has 0 aromatic heterocycles. The van der Waals surface area contributed by atoms with E-state index in [1.165, 1.54) is 25.7 Å². The first kappa shape index (κ1) is 14.3. The fourth-order valence-corrected chi connectivity index (χ4v) is 2.89. The fourth-order valence-electron chi connectivity index (χ4n) is 2.89. The summed E-state index contributed by atoms with van der Waals surface area (Å²) in [5, 5.41) is 8.94. The van der Waals surface area contributed by atoms with Crippen molar-refractivity contribution in [1.82, 2.24) is 16.0 Å². The van der Waals surface area contributed by atoms with Gasteiger partial charge in [0.1, 0.15) is 0 Å². The molecule has 1 aliphatic carbocycles. The highest BCUT2D eigenvalue weighted by molar-refractivity contribution is 5.84. The van der Waals surface area contributed by atoms with Gasteiger partial charge in [0.15, 0.2) is 0 Å². The maximum absolute atomic E-state index is 11.9. The summed E-state index contributed by atoms with van der Waals surface area (Å²) < 4.78 is 0. The second kappa shape index (κ2) is 7.48. The number of carbonyl (C=O) groups is 2. The topological polar surface area (TPSA) is 70.2 Å². The van der Waals surface area contributed by atoms with Crippen LogP contribution < -0.4 is 16.0 Å². The Labute approximate surface area is 114 Å². The summed E-state index contributed by atoms with van der Waals surface area (Å²) in [4.78, 5) is 23.4. The van der Waals surface area contributed by atoms with Crippen LogP contribution in [0, 0.1) is 0 Å². The molecule has 5 heteroatoms. The molecular formula is C14H25N3O2. The summed E-state index contributed by atoms with van der Waals surface area (Å²) in [6.45, 7) is 1.000. The molecule has 1 heterocycles. The van der Waals surface area contributed by atoms with E-state index in [0.29, 0.717) is 6.04 Å². The van der Waals surface area contributed by atoms with Gasteiger partial charge in [0.05, 0.1) is 12.6 Å². The van der Waals surface area contributed by atoms with Gasteiger partial charge in [-0.2, -0.15) is 0 Å². The summed E-state index contributed by atoms with van der Waals surface area (Å²) >= 11 is 0. The van der Waals surface area contributed by atoms with Crippen LogP contribution in [0.3, 0.4) is 0 Å². The zero-order valence-corrected chi connectivity index (χ0v) is 11.5. The minimum Gasteiger partial charge on any atom is -0.355 e. The smallest absolute Gasteiger partial charge is 0.237 e. The van der Waals surface area contributed by atoms with Crippen molar-refractivity contribution in [1.29, 1.82) is 0 Å². The lowest BCUT2D eigenvalue weighted by Crippen LogP contribution is -2.51. The van der Waals surface area contributed by atoms with E-state index in [1.54, 1.807) is 0 Å². The van der Waals surface area contributed by atoms with Gasteiger partial charge in [-0.1, -0.05) is 25.7 Å². The van der Waals surface area contributed by atoms with Gasteiger partial charge in [0.25, 0.3) is 0 Å². The summed E-state index contributed by atoms with van der Waals surface area (Å²) in [6.07, 6.45) is 8.98. The Bertz CT molecular complexity index is 312. The van der Waals surface area contributed by atoms with Crippen molar-refractivity contribution in [2.75, 3.05) is 13.1 Å². The second-order valence-electron chi connectivity index (χ2n) is 5.62. The van der Waals surface area contributed by atoms with Crippen LogP contribution in [-0.4, -0.2) is 37.0 Å². The number of amides is 2. The van der Waals surface area contributed by atoms with Gasteiger partial charge in [-0.05, 0) is 25.7 Å². The molecule has 0 bridgehead atoms. The highest BCUT2D eigenvalue weighted by Gasteiger charge is 2.22. The Kier molecular flexibility index (Phi) is 5.63. The van der Waals surface area contributed by atoms with Crippen molar-refractivity contribution in [2.45, 2.75) is 63.5 Å². The molecule has 1 atom stereocenters. The first-order valence-electron chi connectivity index (χ1n) is 7.56. The third-order valence-electron chi connectivity index (χ3n) is 4.01. The van der Waals surface area contributed by atoms with Crippen LogP contribution in [-0.2, 0) is 9.59 Å². The van der Waals surface area contributed by atoms with Gasteiger partial charge in [-0.15, -0.1) is 0 Å². The van der Waals surface area contributed by atoms with Crippen LogP contribution in [0.4, 0.5) is 0 Å². The Morgan fingerprint density at radius 1 is 1.11 bits per heavy atom. The average molecular weight is 267 g/mol. The number of carbonyl (C=O) groups excluding carboxylic acids is 2. The van der Waals surface area contributed by atoms with Crippen molar-refractivity contribution in [3.63, 3.8) is 0 Å². The van der Waals surface area contributed by atoms with E-state index in [1.807, 2.05) is 0 Å². The lowest BCUT2D eigenvalue weighted by Gasteiger charge is -2.23. The molecule has 0 spiro atoms. The van der Waals surface area contributed by atoms with Crippen molar-refractivity contribution in [2.24, 2.45) is 0 Å². The van der Waals surface area contributed by atoms with Gasteiger partial charge < -0.3 is 10.6 Å². The summed E-state index contributed by atoms with van der Waals surface area (Å²) in [7, 11) is 0. The Balaban J connectivity index is 1.67. The van der Waals surface area contributed by atoms with E-state index in [-0.39, 0.29) is 24.4 Å². The molecule has 2 rings (SSSR count). The average Bonchev–Trinajstić information content (AvgIpc) is 2.66. The van der Waals surface area contributed by atoms with Crippen LogP contribution in [0.15, 0.2) is 0 Å². The van der Waals surface area contributed by atoms with E-state index in [0.717, 1.165) is 32.2 Å². The molecule has 19 heavy (non-hydrogen) atoms. The van der Waals surface area contributed by atoms with Crippen LogP contribution >= 0.6 is 0 Å². The maximum atomic E-state index is 11.9. The van der Waals surface area contributed by atoms with Crippen molar-refractivity contribution in [3.05, 3.63) is 0 Å². The predicted octanol–water partition coefficient (Wildman–Crippen LogP) is 0.694. The van der Waals surface area contributed by atoms with Gasteiger partial charge in [0, 0.05) is 12.6 Å². The number of hydrogen-bond donors (Lipinski definition) is 3. The summed E-state index contributed by atoms with van der Waals surface area (Å²) in [5.41, 5.74) is 0. The minimum absolute atomic E-state index is 0.0188. The SMILES string of the molecule is O=C(CNC1CCCNC1=O)NC1CCCCCC1. The van der Waals surface area contributed by atoms with Crippen LogP contribution in [0.25, 0.3) is 0 Å². The van der Waals surface area contributed by atoms with Crippen molar-refractivity contribution >= 4 is 11.8 Å². The molecule has 108 valence electrons. The molecule has 1 unspecified atom stereocenters. The molecule has 0 radical (unpaired) electrons. The van der Waals surface area contributed by atoms with E-state index in [4.69, 9.17) is 0 Å².